The summed E-state index contributed by atoms with van der Waals surface area (Å²) in [7, 11) is 1.28. The highest BCUT2D eigenvalue weighted by Crippen LogP contribution is 2.25. The van der Waals surface area contributed by atoms with E-state index in [2.05, 4.69) is 14.9 Å². The number of thioether (sulfide) groups is 1. The molecular weight excluding hydrogens is 381 g/mol. The van der Waals surface area contributed by atoms with Crippen LogP contribution in [0.2, 0.25) is 10.0 Å². The van der Waals surface area contributed by atoms with Gasteiger partial charge in [-0.05, 0) is 17.7 Å². The molecule has 0 heterocycles. The number of nitrogens with zero attached hydrogens (tertiary/aromatic N) is 2. The molecule has 2 N–H and O–H groups in total. The number of methoxy groups -OCH3 is 1. The molecule has 130 valence electrons. The average Bonchev–Trinajstić information content (AvgIpc) is 2.62. The number of amidine groups is 1. The average molecular weight is 396 g/mol. The molecule has 0 saturated carbocycles. The SMILES string of the molecule is COC(=O)c1cc(Cl)c(C=NN=C(N)SCc2ccccc2)c(Cl)c1. The number of hydrogen-bond acceptors (Lipinski definition) is 5. The van der Waals surface area contributed by atoms with Gasteiger partial charge in [0, 0.05) is 11.3 Å². The van der Waals surface area contributed by atoms with E-state index in [-0.39, 0.29) is 15.6 Å². The molecule has 0 aliphatic carbocycles. The molecule has 2 rings (SSSR count). The van der Waals surface area contributed by atoms with Gasteiger partial charge in [-0.3, -0.25) is 0 Å². The van der Waals surface area contributed by atoms with Crippen molar-refractivity contribution in [2.75, 3.05) is 7.11 Å². The van der Waals surface area contributed by atoms with Gasteiger partial charge in [0.15, 0.2) is 5.17 Å². The van der Waals surface area contributed by atoms with E-state index in [1.807, 2.05) is 30.3 Å². The number of halogens is 2. The Morgan fingerprint density at radius 3 is 2.48 bits per heavy atom. The van der Waals surface area contributed by atoms with Crippen LogP contribution in [-0.2, 0) is 10.5 Å². The van der Waals surface area contributed by atoms with E-state index in [0.717, 1.165) is 5.56 Å². The van der Waals surface area contributed by atoms with E-state index in [9.17, 15) is 4.79 Å². The molecule has 0 spiro atoms. The second kappa shape index (κ2) is 9.46. The molecular formula is C17H15Cl2N3O2S. The van der Waals surface area contributed by atoms with Gasteiger partial charge in [-0.2, -0.15) is 5.10 Å². The lowest BCUT2D eigenvalue weighted by Gasteiger charge is -2.05. The number of carbonyl (C=O) groups excluding carboxylic acids is 1. The van der Waals surface area contributed by atoms with Crippen molar-refractivity contribution >= 4 is 52.3 Å². The Kier molecular flexibility index (Phi) is 7.31. The summed E-state index contributed by atoms with van der Waals surface area (Å²) in [6.07, 6.45) is 1.39. The summed E-state index contributed by atoms with van der Waals surface area (Å²) in [5.74, 6) is 0.174. The van der Waals surface area contributed by atoms with Crippen LogP contribution in [0.1, 0.15) is 21.5 Å². The van der Waals surface area contributed by atoms with Crippen molar-refractivity contribution in [2.45, 2.75) is 5.75 Å². The number of carbonyl (C=O) groups is 1. The molecule has 0 unspecified atom stereocenters. The van der Waals surface area contributed by atoms with Crippen molar-refractivity contribution in [2.24, 2.45) is 15.9 Å². The third kappa shape index (κ3) is 5.77. The van der Waals surface area contributed by atoms with Crippen LogP contribution in [0.15, 0.2) is 52.7 Å². The molecule has 25 heavy (non-hydrogen) atoms. The highest BCUT2D eigenvalue weighted by molar-refractivity contribution is 8.13. The lowest BCUT2D eigenvalue weighted by atomic mass is 10.1. The first-order valence-corrected chi connectivity index (χ1v) is 8.86. The predicted molar refractivity (Wildman–Crippen MR) is 105 cm³/mol. The predicted octanol–water partition coefficient (Wildman–Crippen LogP) is 4.36. The molecule has 0 aliphatic rings. The summed E-state index contributed by atoms with van der Waals surface area (Å²) in [6.45, 7) is 0. The summed E-state index contributed by atoms with van der Waals surface area (Å²) in [5.41, 5.74) is 7.66. The van der Waals surface area contributed by atoms with Gasteiger partial charge in [0.2, 0.25) is 0 Å². The Labute approximate surface area is 159 Å². The zero-order chi connectivity index (χ0) is 18.2. The fourth-order valence-corrected chi connectivity index (χ4v) is 3.04. The minimum Gasteiger partial charge on any atom is -0.465 e. The molecule has 8 heteroatoms. The number of rotatable bonds is 5. The number of hydrogen-bond donors (Lipinski definition) is 1. The normalized spacial score (nSPS) is 11.7. The van der Waals surface area contributed by atoms with Crippen molar-refractivity contribution in [1.29, 1.82) is 0 Å². The molecule has 2 aromatic carbocycles. The van der Waals surface area contributed by atoms with E-state index in [1.165, 1.54) is 37.2 Å². The van der Waals surface area contributed by atoms with Crippen LogP contribution in [-0.4, -0.2) is 24.5 Å². The Morgan fingerprint density at radius 1 is 1.24 bits per heavy atom. The van der Waals surface area contributed by atoms with Crippen molar-refractivity contribution in [3.05, 3.63) is 69.2 Å². The maximum absolute atomic E-state index is 11.5. The van der Waals surface area contributed by atoms with Gasteiger partial charge in [0.1, 0.15) is 0 Å². The quantitative estimate of drug-likeness (QED) is 0.353. The fourth-order valence-electron chi connectivity index (χ4n) is 1.85. The van der Waals surface area contributed by atoms with Crippen LogP contribution in [0.3, 0.4) is 0 Å². The van der Waals surface area contributed by atoms with Gasteiger partial charge >= 0.3 is 5.97 Å². The first-order chi connectivity index (χ1) is 12.0. The smallest absolute Gasteiger partial charge is 0.337 e. The van der Waals surface area contributed by atoms with Crippen LogP contribution < -0.4 is 5.73 Å². The number of benzene rings is 2. The topological polar surface area (TPSA) is 77.0 Å². The Balaban J connectivity index is 2.04. The third-order valence-electron chi connectivity index (χ3n) is 3.07. The van der Waals surface area contributed by atoms with Gasteiger partial charge < -0.3 is 10.5 Å². The molecule has 5 nitrogen and oxygen atoms in total. The zero-order valence-corrected chi connectivity index (χ0v) is 15.6. The lowest BCUT2D eigenvalue weighted by Crippen LogP contribution is -2.06. The van der Waals surface area contributed by atoms with Crippen molar-refractivity contribution in [3.63, 3.8) is 0 Å². The van der Waals surface area contributed by atoms with Gasteiger partial charge in [-0.1, -0.05) is 65.3 Å². The van der Waals surface area contributed by atoms with Crippen molar-refractivity contribution in [3.8, 4) is 0 Å². The Hall–Kier alpha value is -2.02. The number of nitrogens with two attached hydrogens (primary N) is 1. The fraction of sp³-hybridized carbons (Fsp3) is 0.118. The molecule has 0 radical (unpaired) electrons. The van der Waals surface area contributed by atoms with Crippen LogP contribution in [0.5, 0.6) is 0 Å². The summed E-state index contributed by atoms with van der Waals surface area (Å²) in [4.78, 5) is 11.5. The minimum absolute atomic E-state index is 0.260. The highest BCUT2D eigenvalue weighted by Gasteiger charge is 2.12. The first kappa shape index (κ1) is 19.3. The maximum Gasteiger partial charge on any atom is 0.337 e. The second-order valence-corrected chi connectivity index (χ2v) is 6.61. The summed E-state index contributed by atoms with van der Waals surface area (Å²) in [5, 5.41) is 8.66. The molecule has 2 aromatic rings. The van der Waals surface area contributed by atoms with E-state index in [4.69, 9.17) is 28.9 Å². The van der Waals surface area contributed by atoms with Crippen LogP contribution in [0.25, 0.3) is 0 Å². The van der Waals surface area contributed by atoms with Crippen LogP contribution >= 0.6 is 35.0 Å². The van der Waals surface area contributed by atoms with E-state index >= 15 is 0 Å². The Bertz CT molecular complexity index is 788. The minimum atomic E-state index is -0.521. The summed E-state index contributed by atoms with van der Waals surface area (Å²) >= 11 is 13.6. The largest absolute Gasteiger partial charge is 0.465 e. The highest BCUT2D eigenvalue weighted by atomic mass is 35.5. The van der Waals surface area contributed by atoms with Gasteiger partial charge in [0.05, 0.1) is 28.9 Å². The monoisotopic (exact) mass is 395 g/mol. The third-order valence-corrected chi connectivity index (χ3v) is 4.55. The van der Waals surface area contributed by atoms with E-state index in [0.29, 0.717) is 16.5 Å². The van der Waals surface area contributed by atoms with Crippen molar-refractivity contribution in [1.82, 2.24) is 0 Å². The number of esters is 1. The standard InChI is InChI=1S/C17H15Cl2N3O2S/c1-24-16(23)12-7-14(18)13(15(19)8-12)9-21-22-17(20)25-10-11-5-3-2-4-6-11/h2-9H,10H2,1H3,(H2,20,22). The molecule has 0 amide bonds. The molecule has 0 saturated heterocycles. The van der Waals surface area contributed by atoms with Crippen LogP contribution in [0.4, 0.5) is 0 Å². The Morgan fingerprint density at radius 2 is 1.88 bits per heavy atom. The second-order valence-electron chi connectivity index (χ2n) is 4.80. The summed E-state index contributed by atoms with van der Waals surface area (Å²) < 4.78 is 4.63. The molecule has 0 atom stereocenters. The number of ether oxygens (including phenoxy) is 1. The molecule has 0 aliphatic heterocycles. The molecule has 0 bridgehead atoms. The van der Waals surface area contributed by atoms with Gasteiger partial charge in [-0.25, -0.2) is 4.79 Å². The van der Waals surface area contributed by atoms with E-state index in [1.54, 1.807) is 0 Å². The zero-order valence-electron chi connectivity index (χ0n) is 13.3. The lowest BCUT2D eigenvalue weighted by molar-refractivity contribution is 0.0600. The van der Waals surface area contributed by atoms with Crippen LogP contribution in [0, 0.1) is 0 Å². The molecule has 0 aromatic heterocycles. The van der Waals surface area contributed by atoms with E-state index < -0.39 is 5.97 Å². The first-order valence-electron chi connectivity index (χ1n) is 7.12. The van der Waals surface area contributed by atoms with Gasteiger partial charge in [-0.15, -0.1) is 5.10 Å². The molecule has 0 fully saturated rings. The summed E-state index contributed by atoms with van der Waals surface area (Å²) in [6, 6.07) is 12.8. The van der Waals surface area contributed by atoms with Gasteiger partial charge in [0.25, 0.3) is 0 Å². The van der Waals surface area contributed by atoms with Crippen molar-refractivity contribution < 1.29 is 9.53 Å². The maximum atomic E-state index is 11.5.